The molecule has 0 bridgehead atoms. The fourth-order valence-electron chi connectivity index (χ4n) is 0.896. The molecule has 0 fully saturated rings. The molecular formula is C10H13N3S. The Bertz CT molecular complexity index is 315. The van der Waals surface area contributed by atoms with E-state index in [1.54, 1.807) is 12.3 Å². The minimum Gasteiger partial charge on any atom is -0.369 e. The summed E-state index contributed by atoms with van der Waals surface area (Å²) < 4.78 is 0. The van der Waals surface area contributed by atoms with Crippen molar-refractivity contribution in [3.05, 3.63) is 23.9 Å². The van der Waals surface area contributed by atoms with Gasteiger partial charge >= 0.3 is 0 Å². The number of hydrogen-bond acceptors (Lipinski definition) is 4. The second-order valence-corrected chi connectivity index (χ2v) is 4.25. The van der Waals surface area contributed by atoms with Crippen LogP contribution < -0.4 is 5.32 Å². The molecule has 1 aromatic rings. The average Bonchev–Trinajstić information content (AvgIpc) is 2.26. The van der Waals surface area contributed by atoms with Gasteiger partial charge in [0, 0.05) is 18.0 Å². The van der Waals surface area contributed by atoms with Crippen molar-refractivity contribution in [1.82, 2.24) is 4.98 Å². The number of aromatic nitrogens is 1. The number of anilines is 1. The fourth-order valence-corrected chi connectivity index (χ4v) is 1.15. The molecule has 1 aromatic heterocycles. The second kappa shape index (κ2) is 5.51. The zero-order chi connectivity index (χ0) is 10.4. The standard InChI is InChI=1S/C10H13N3S/c1-8(14-2)6-12-10-4-3-9(5-11)7-13-10/h3-4,7-8H,6H2,1-2H3,(H,12,13). The predicted molar refractivity (Wildman–Crippen MR) is 60.4 cm³/mol. The van der Waals surface area contributed by atoms with E-state index in [9.17, 15) is 0 Å². The number of nitrogens with one attached hydrogen (secondary N) is 1. The first-order valence-corrected chi connectivity index (χ1v) is 5.68. The van der Waals surface area contributed by atoms with Crippen molar-refractivity contribution >= 4 is 17.6 Å². The Labute approximate surface area is 88.5 Å². The summed E-state index contributed by atoms with van der Waals surface area (Å²) in [5.74, 6) is 0.824. The molecule has 14 heavy (non-hydrogen) atoms. The lowest BCUT2D eigenvalue weighted by atomic mass is 10.3. The Morgan fingerprint density at radius 2 is 2.43 bits per heavy atom. The van der Waals surface area contributed by atoms with E-state index in [0.717, 1.165) is 12.4 Å². The summed E-state index contributed by atoms with van der Waals surface area (Å²) in [6, 6.07) is 5.62. The number of nitriles is 1. The number of rotatable bonds is 4. The Hall–Kier alpha value is -1.21. The Morgan fingerprint density at radius 1 is 1.64 bits per heavy atom. The van der Waals surface area contributed by atoms with Crippen LogP contribution in [0.3, 0.4) is 0 Å². The van der Waals surface area contributed by atoms with Crippen LogP contribution in [0, 0.1) is 11.3 Å². The highest BCUT2D eigenvalue weighted by Crippen LogP contribution is 2.08. The highest BCUT2D eigenvalue weighted by molar-refractivity contribution is 7.99. The second-order valence-electron chi connectivity index (χ2n) is 2.97. The average molecular weight is 207 g/mol. The van der Waals surface area contributed by atoms with Gasteiger partial charge in [0.15, 0.2) is 0 Å². The summed E-state index contributed by atoms with van der Waals surface area (Å²) in [5, 5.41) is 12.3. The van der Waals surface area contributed by atoms with Crippen molar-refractivity contribution in [2.24, 2.45) is 0 Å². The minimum atomic E-state index is 0.562. The van der Waals surface area contributed by atoms with E-state index < -0.39 is 0 Å². The van der Waals surface area contributed by atoms with Crippen LogP contribution in [0.25, 0.3) is 0 Å². The Balaban J connectivity index is 2.49. The topological polar surface area (TPSA) is 48.7 Å². The van der Waals surface area contributed by atoms with Gasteiger partial charge in [-0.25, -0.2) is 4.98 Å². The molecule has 1 N–H and O–H groups in total. The van der Waals surface area contributed by atoms with Crippen molar-refractivity contribution in [2.75, 3.05) is 18.1 Å². The molecule has 1 atom stereocenters. The quantitative estimate of drug-likeness (QED) is 0.821. The molecule has 1 heterocycles. The maximum Gasteiger partial charge on any atom is 0.126 e. The molecule has 0 spiro atoms. The van der Waals surface area contributed by atoms with Crippen LogP contribution in [0.1, 0.15) is 12.5 Å². The SMILES string of the molecule is CSC(C)CNc1ccc(C#N)cn1. The van der Waals surface area contributed by atoms with Crippen LogP contribution in [-0.2, 0) is 0 Å². The summed E-state index contributed by atoms with van der Waals surface area (Å²) in [7, 11) is 0. The van der Waals surface area contributed by atoms with Crippen molar-refractivity contribution in [3.63, 3.8) is 0 Å². The van der Waals surface area contributed by atoms with Crippen LogP contribution in [0.5, 0.6) is 0 Å². The maximum atomic E-state index is 8.57. The number of pyridine rings is 1. The van der Waals surface area contributed by atoms with Gasteiger partial charge in [0.05, 0.1) is 5.56 Å². The molecule has 0 aliphatic rings. The fraction of sp³-hybridized carbons (Fsp3) is 0.400. The van der Waals surface area contributed by atoms with Gasteiger partial charge in [-0.2, -0.15) is 17.0 Å². The first kappa shape index (κ1) is 10.9. The zero-order valence-corrected chi connectivity index (χ0v) is 9.14. The molecule has 4 heteroatoms. The minimum absolute atomic E-state index is 0.562. The van der Waals surface area contributed by atoms with Gasteiger partial charge in [-0.1, -0.05) is 6.92 Å². The smallest absolute Gasteiger partial charge is 0.126 e. The van der Waals surface area contributed by atoms with Gasteiger partial charge in [0.1, 0.15) is 11.9 Å². The Morgan fingerprint density at radius 3 is 2.93 bits per heavy atom. The largest absolute Gasteiger partial charge is 0.369 e. The number of hydrogen-bond donors (Lipinski definition) is 1. The van der Waals surface area contributed by atoms with Crippen LogP contribution in [0.15, 0.2) is 18.3 Å². The first-order chi connectivity index (χ1) is 6.76. The van der Waals surface area contributed by atoms with Gasteiger partial charge in [-0.15, -0.1) is 0 Å². The molecule has 0 saturated heterocycles. The molecule has 1 rings (SSSR count). The lowest BCUT2D eigenvalue weighted by Crippen LogP contribution is -2.13. The monoisotopic (exact) mass is 207 g/mol. The molecule has 0 saturated carbocycles. The lowest BCUT2D eigenvalue weighted by molar-refractivity contribution is 0.991. The maximum absolute atomic E-state index is 8.57. The van der Waals surface area contributed by atoms with E-state index in [0.29, 0.717) is 10.8 Å². The van der Waals surface area contributed by atoms with Crippen LogP contribution in [-0.4, -0.2) is 23.0 Å². The summed E-state index contributed by atoms with van der Waals surface area (Å²) in [6.45, 7) is 3.04. The van der Waals surface area contributed by atoms with Crippen molar-refractivity contribution in [1.29, 1.82) is 5.26 Å². The third-order valence-corrected chi connectivity index (χ3v) is 2.84. The Kier molecular flexibility index (Phi) is 4.27. The molecule has 0 radical (unpaired) electrons. The first-order valence-electron chi connectivity index (χ1n) is 4.39. The number of thioether (sulfide) groups is 1. The number of nitrogens with zero attached hydrogens (tertiary/aromatic N) is 2. The third-order valence-electron chi connectivity index (χ3n) is 1.87. The van der Waals surface area contributed by atoms with E-state index in [-0.39, 0.29) is 0 Å². The highest BCUT2D eigenvalue weighted by atomic mass is 32.2. The molecule has 74 valence electrons. The summed E-state index contributed by atoms with van der Waals surface area (Å²) >= 11 is 1.81. The highest BCUT2D eigenvalue weighted by Gasteiger charge is 1.99. The molecule has 0 aliphatic carbocycles. The summed E-state index contributed by atoms with van der Waals surface area (Å²) in [4.78, 5) is 4.11. The third kappa shape index (κ3) is 3.27. The summed E-state index contributed by atoms with van der Waals surface area (Å²) in [5.41, 5.74) is 0.591. The molecule has 0 aliphatic heterocycles. The lowest BCUT2D eigenvalue weighted by Gasteiger charge is -2.09. The zero-order valence-electron chi connectivity index (χ0n) is 8.32. The molecule has 3 nitrogen and oxygen atoms in total. The molecule has 0 amide bonds. The van der Waals surface area contributed by atoms with Crippen LogP contribution in [0.2, 0.25) is 0 Å². The van der Waals surface area contributed by atoms with E-state index in [2.05, 4.69) is 23.5 Å². The van der Waals surface area contributed by atoms with E-state index >= 15 is 0 Å². The van der Waals surface area contributed by atoms with Gasteiger partial charge in [0.25, 0.3) is 0 Å². The van der Waals surface area contributed by atoms with Crippen LogP contribution in [0.4, 0.5) is 5.82 Å². The molecule has 1 unspecified atom stereocenters. The predicted octanol–water partition coefficient (Wildman–Crippen LogP) is 2.12. The van der Waals surface area contributed by atoms with Crippen LogP contribution >= 0.6 is 11.8 Å². The molecule has 0 aromatic carbocycles. The van der Waals surface area contributed by atoms with Crippen molar-refractivity contribution in [2.45, 2.75) is 12.2 Å². The summed E-state index contributed by atoms with van der Waals surface area (Å²) in [6.07, 6.45) is 3.66. The van der Waals surface area contributed by atoms with E-state index in [4.69, 9.17) is 5.26 Å². The van der Waals surface area contributed by atoms with Gasteiger partial charge in [0.2, 0.25) is 0 Å². The van der Waals surface area contributed by atoms with Gasteiger partial charge in [-0.3, -0.25) is 0 Å². The van der Waals surface area contributed by atoms with Gasteiger partial charge in [-0.05, 0) is 18.4 Å². The van der Waals surface area contributed by atoms with E-state index in [1.807, 2.05) is 23.9 Å². The van der Waals surface area contributed by atoms with Gasteiger partial charge < -0.3 is 5.32 Å². The molecular weight excluding hydrogens is 194 g/mol. The van der Waals surface area contributed by atoms with Crippen molar-refractivity contribution in [3.8, 4) is 6.07 Å². The normalized spacial score (nSPS) is 11.8. The van der Waals surface area contributed by atoms with Crippen molar-refractivity contribution < 1.29 is 0 Å². The van der Waals surface area contributed by atoms with E-state index in [1.165, 1.54) is 0 Å².